The molecule has 0 amide bonds. The summed E-state index contributed by atoms with van der Waals surface area (Å²) < 4.78 is 34.7. The van der Waals surface area contributed by atoms with Gasteiger partial charge in [-0.05, 0) is 18.2 Å². The van der Waals surface area contributed by atoms with Crippen LogP contribution in [0.15, 0.2) is 27.6 Å². The Morgan fingerprint density at radius 3 is 2.42 bits per heavy atom. The SMILES string of the molecule is NS(=O)(=O)c1cc(Br)ccc1F. The minimum Gasteiger partial charge on any atom is -0.225 e. The fraction of sp³-hybridized carbons (Fsp3) is 0. The maximum Gasteiger partial charge on any atom is 0.241 e. The third-order valence-corrected chi connectivity index (χ3v) is 2.62. The van der Waals surface area contributed by atoms with Crippen molar-refractivity contribution in [3.63, 3.8) is 0 Å². The van der Waals surface area contributed by atoms with Gasteiger partial charge in [-0.3, -0.25) is 0 Å². The lowest BCUT2D eigenvalue weighted by atomic mass is 10.3. The molecule has 0 bridgehead atoms. The first-order chi connectivity index (χ1) is 5.41. The molecule has 0 aliphatic carbocycles. The van der Waals surface area contributed by atoms with Crippen LogP contribution < -0.4 is 5.14 Å². The number of hydrogen-bond donors (Lipinski definition) is 1. The third-order valence-electron chi connectivity index (χ3n) is 1.20. The number of benzene rings is 1. The molecule has 1 aromatic rings. The first-order valence-electron chi connectivity index (χ1n) is 2.89. The van der Waals surface area contributed by atoms with E-state index < -0.39 is 20.7 Å². The minimum atomic E-state index is -3.96. The van der Waals surface area contributed by atoms with Gasteiger partial charge in [-0.15, -0.1) is 0 Å². The van der Waals surface area contributed by atoms with Gasteiger partial charge in [0.1, 0.15) is 10.7 Å². The van der Waals surface area contributed by atoms with Crippen molar-refractivity contribution < 1.29 is 12.8 Å². The number of sulfonamides is 1. The normalized spacial score (nSPS) is 11.6. The summed E-state index contributed by atoms with van der Waals surface area (Å²) >= 11 is 3.00. The molecule has 0 saturated carbocycles. The van der Waals surface area contributed by atoms with Crippen LogP contribution in [0.4, 0.5) is 4.39 Å². The van der Waals surface area contributed by atoms with Crippen LogP contribution in [-0.2, 0) is 10.0 Å². The van der Waals surface area contributed by atoms with E-state index in [1.165, 1.54) is 6.07 Å². The van der Waals surface area contributed by atoms with Crippen LogP contribution in [0.5, 0.6) is 0 Å². The molecule has 6 heteroatoms. The average molecular weight is 254 g/mol. The van der Waals surface area contributed by atoms with Crippen molar-refractivity contribution >= 4 is 26.0 Å². The first-order valence-corrected chi connectivity index (χ1v) is 5.23. The van der Waals surface area contributed by atoms with Gasteiger partial charge in [0.25, 0.3) is 0 Å². The van der Waals surface area contributed by atoms with Crippen LogP contribution in [0, 0.1) is 5.82 Å². The Hall–Kier alpha value is -0.460. The van der Waals surface area contributed by atoms with E-state index in [1.54, 1.807) is 0 Å². The van der Waals surface area contributed by atoms with Gasteiger partial charge in [-0.25, -0.2) is 17.9 Å². The van der Waals surface area contributed by atoms with Gasteiger partial charge in [-0.1, -0.05) is 15.9 Å². The summed E-state index contributed by atoms with van der Waals surface area (Å²) in [4.78, 5) is -0.503. The quantitative estimate of drug-likeness (QED) is 0.819. The van der Waals surface area contributed by atoms with Crippen LogP contribution in [0.1, 0.15) is 0 Å². The number of hydrogen-bond acceptors (Lipinski definition) is 2. The Balaban J connectivity index is 3.43. The summed E-state index contributed by atoms with van der Waals surface area (Å²) in [7, 11) is -3.96. The van der Waals surface area contributed by atoms with Crippen molar-refractivity contribution in [1.82, 2.24) is 0 Å². The molecule has 0 aliphatic rings. The van der Waals surface area contributed by atoms with E-state index in [4.69, 9.17) is 5.14 Å². The van der Waals surface area contributed by atoms with Crippen LogP contribution in [0.3, 0.4) is 0 Å². The molecule has 66 valence electrons. The van der Waals surface area contributed by atoms with E-state index >= 15 is 0 Å². The Kier molecular flexibility index (Phi) is 2.50. The minimum absolute atomic E-state index is 0.466. The number of rotatable bonds is 1. The molecule has 0 aromatic heterocycles. The second-order valence-electron chi connectivity index (χ2n) is 2.12. The third kappa shape index (κ3) is 2.02. The van der Waals surface area contributed by atoms with Gasteiger partial charge in [0.15, 0.2) is 0 Å². The second-order valence-corrected chi connectivity index (χ2v) is 4.57. The van der Waals surface area contributed by atoms with Crippen molar-refractivity contribution in [2.75, 3.05) is 0 Å². The zero-order valence-corrected chi connectivity index (χ0v) is 8.19. The summed E-state index contributed by atoms with van der Waals surface area (Å²) in [5.41, 5.74) is 0. The highest BCUT2D eigenvalue weighted by atomic mass is 79.9. The number of nitrogens with two attached hydrogens (primary N) is 1. The molecule has 0 heterocycles. The lowest BCUT2D eigenvalue weighted by molar-refractivity contribution is 0.567. The van der Waals surface area contributed by atoms with Crippen LogP contribution in [-0.4, -0.2) is 8.42 Å². The fourth-order valence-corrected chi connectivity index (χ4v) is 1.84. The molecule has 1 aromatic carbocycles. The van der Waals surface area contributed by atoms with E-state index in [0.29, 0.717) is 4.47 Å². The predicted octanol–water partition coefficient (Wildman–Crippen LogP) is 1.24. The molecule has 3 nitrogen and oxygen atoms in total. The molecular formula is C6H5BrFNO2S. The van der Waals surface area contributed by atoms with Gasteiger partial charge in [0.05, 0.1) is 0 Å². The molecule has 2 N–H and O–H groups in total. The molecule has 0 atom stereocenters. The summed E-state index contributed by atoms with van der Waals surface area (Å²) in [6.07, 6.45) is 0. The monoisotopic (exact) mass is 253 g/mol. The van der Waals surface area contributed by atoms with Gasteiger partial charge in [0, 0.05) is 4.47 Å². The van der Waals surface area contributed by atoms with Crippen molar-refractivity contribution in [3.8, 4) is 0 Å². The van der Waals surface area contributed by atoms with Gasteiger partial charge in [-0.2, -0.15) is 0 Å². The molecule has 0 saturated heterocycles. The Bertz CT molecular complexity index is 404. The molecule has 0 aliphatic heterocycles. The maximum atomic E-state index is 12.8. The van der Waals surface area contributed by atoms with E-state index in [1.807, 2.05) is 0 Å². The zero-order valence-electron chi connectivity index (χ0n) is 5.79. The molecular weight excluding hydrogens is 249 g/mol. The predicted molar refractivity (Wildman–Crippen MR) is 45.5 cm³/mol. The fourth-order valence-electron chi connectivity index (χ4n) is 0.695. The van der Waals surface area contributed by atoms with Crippen LogP contribution in [0.2, 0.25) is 0 Å². The van der Waals surface area contributed by atoms with E-state index in [0.717, 1.165) is 12.1 Å². The van der Waals surface area contributed by atoms with Crippen LogP contribution in [0.25, 0.3) is 0 Å². The largest absolute Gasteiger partial charge is 0.241 e. The lowest BCUT2D eigenvalue weighted by Crippen LogP contribution is -2.13. The van der Waals surface area contributed by atoms with Gasteiger partial charge in [0.2, 0.25) is 10.0 Å². The van der Waals surface area contributed by atoms with Crippen LogP contribution >= 0.6 is 15.9 Å². The maximum absolute atomic E-state index is 12.8. The molecule has 0 fully saturated rings. The topological polar surface area (TPSA) is 60.2 Å². The molecule has 0 spiro atoms. The van der Waals surface area contributed by atoms with Crippen molar-refractivity contribution in [2.45, 2.75) is 4.90 Å². The highest BCUT2D eigenvalue weighted by molar-refractivity contribution is 9.10. The van der Waals surface area contributed by atoms with E-state index in [-0.39, 0.29) is 0 Å². The van der Waals surface area contributed by atoms with E-state index in [2.05, 4.69) is 15.9 Å². The van der Waals surface area contributed by atoms with Crippen molar-refractivity contribution in [3.05, 3.63) is 28.5 Å². The Morgan fingerprint density at radius 1 is 1.42 bits per heavy atom. The van der Waals surface area contributed by atoms with Gasteiger partial charge >= 0.3 is 0 Å². The highest BCUT2D eigenvalue weighted by Gasteiger charge is 2.13. The Labute approximate surface area is 77.6 Å². The average Bonchev–Trinajstić information content (AvgIpc) is 1.92. The second kappa shape index (κ2) is 3.12. The lowest BCUT2D eigenvalue weighted by Gasteiger charge is -1.99. The van der Waals surface area contributed by atoms with Crippen molar-refractivity contribution in [1.29, 1.82) is 0 Å². The first kappa shape index (κ1) is 9.63. The zero-order chi connectivity index (χ0) is 9.35. The summed E-state index contributed by atoms with van der Waals surface area (Å²) in [5.74, 6) is -0.847. The molecule has 1 rings (SSSR count). The number of halogens is 2. The van der Waals surface area contributed by atoms with Crippen molar-refractivity contribution in [2.24, 2.45) is 5.14 Å². The molecule has 0 radical (unpaired) electrons. The summed E-state index contributed by atoms with van der Waals surface area (Å²) in [6, 6.07) is 3.54. The number of primary sulfonamides is 1. The molecule has 12 heavy (non-hydrogen) atoms. The Morgan fingerprint density at radius 2 is 2.00 bits per heavy atom. The summed E-state index contributed by atoms with van der Waals surface area (Å²) in [5, 5.41) is 4.74. The highest BCUT2D eigenvalue weighted by Crippen LogP contribution is 2.18. The smallest absolute Gasteiger partial charge is 0.225 e. The van der Waals surface area contributed by atoms with Gasteiger partial charge < -0.3 is 0 Å². The molecule has 0 unspecified atom stereocenters. The van der Waals surface area contributed by atoms with E-state index in [9.17, 15) is 12.8 Å². The summed E-state index contributed by atoms with van der Waals surface area (Å²) in [6.45, 7) is 0. The standard InChI is InChI=1S/C6H5BrFNO2S/c7-4-1-2-5(8)6(3-4)12(9,10)11/h1-3H,(H2,9,10,11).